The fraction of sp³-hybridized carbons (Fsp3) is 0.571. The van der Waals surface area contributed by atoms with Crippen LogP contribution < -0.4 is 0 Å². The predicted octanol–water partition coefficient (Wildman–Crippen LogP) is 2.76. The molecule has 0 saturated carbocycles. The van der Waals surface area contributed by atoms with Crippen LogP contribution in [0.25, 0.3) is 0 Å². The Morgan fingerprint density at radius 1 is 1.25 bits per heavy atom. The standard InChI is InChI=1S/C14H20O2/c1-9-6-10(2)8-12(7-9)14(15)13-4-5-16-11(13)3/h6-8,11,13-15H,4-5H2,1-3H3. The summed E-state index contributed by atoms with van der Waals surface area (Å²) in [6.45, 7) is 6.95. The Labute approximate surface area is 97.3 Å². The van der Waals surface area contributed by atoms with Crippen molar-refractivity contribution < 1.29 is 9.84 Å². The smallest absolute Gasteiger partial charge is 0.0843 e. The summed E-state index contributed by atoms with van der Waals surface area (Å²) < 4.78 is 5.51. The molecule has 1 aromatic carbocycles. The Bertz CT molecular complexity index is 353. The van der Waals surface area contributed by atoms with Gasteiger partial charge in [0, 0.05) is 12.5 Å². The lowest BCUT2D eigenvalue weighted by Crippen LogP contribution is -2.19. The number of aliphatic hydroxyl groups excluding tert-OH is 1. The van der Waals surface area contributed by atoms with Crippen LogP contribution in [0.4, 0.5) is 0 Å². The van der Waals surface area contributed by atoms with Crippen LogP contribution in [0.1, 0.15) is 36.1 Å². The molecule has 0 aliphatic carbocycles. The van der Waals surface area contributed by atoms with Gasteiger partial charge in [-0.1, -0.05) is 29.3 Å². The van der Waals surface area contributed by atoms with Crippen molar-refractivity contribution in [3.8, 4) is 0 Å². The molecule has 16 heavy (non-hydrogen) atoms. The van der Waals surface area contributed by atoms with Crippen LogP contribution in [0.5, 0.6) is 0 Å². The van der Waals surface area contributed by atoms with E-state index in [9.17, 15) is 5.11 Å². The third-order valence-corrected chi connectivity index (χ3v) is 3.43. The van der Waals surface area contributed by atoms with E-state index in [4.69, 9.17) is 4.74 Å². The molecule has 3 atom stereocenters. The minimum Gasteiger partial charge on any atom is -0.388 e. The molecule has 2 heteroatoms. The highest BCUT2D eigenvalue weighted by Gasteiger charge is 2.31. The van der Waals surface area contributed by atoms with Gasteiger partial charge in [0.25, 0.3) is 0 Å². The second-order valence-corrected chi connectivity index (χ2v) is 4.89. The Balaban J connectivity index is 2.22. The molecule has 2 rings (SSSR count). The van der Waals surface area contributed by atoms with E-state index >= 15 is 0 Å². The number of rotatable bonds is 2. The number of ether oxygens (including phenoxy) is 1. The van der Waals surface area contributed by atoms with E-state index in [0.29, 0.717) is 0 Å². The average molecular weight is 220 g/mol. The fourth-order valence-electron chi connectivity index (χ4n) is 2.59. The van der Waals surface area contributed by atoms with Gasteiger partial charge in [0.15, 0.2) is 0 Å². The molecule has 0 bridgehead atoms. The Morgan fingerprint density at radius 2 is 1.88 bits per heavy atom. The molecule has 0 spiro atoms. The number of hydrogen-bond donors (Lipinski definition) is 1. The Kier molecular flexibility index (Phi) is 3.31. The molecule has 88 valence electrons. The third-order valence-electron chi connectivity index (χ3n) is 3.43. The number of aryl methyl sites for hydroxylation is 2. The van der Waals surface area contributed by atoms with Crippen molar-refractivity contribution in [3.63, 3.8) is 0 Å². The SMILES string of the molecule is Cc1cc(C)cc(C(O)C2CCOC2C)c1. The number of hydrogen-bond acceptors (Lipinski definition) is 2. The summed E-state index contributed by atoms with van der Waals surface area (Å²) in [5, 5.41) is 10.4. The molecule has 0 aromatic heterocycles. The first-order valence-corrected chi connectivity index (χ1v) is 5.96. The van der Waals surface area contributed by atoms with Gasteiger partial charge in [0.1, 0.15) is 0 Å². The summed E-state index contributed by atoms with van der Waals surface area (Å²) in [5.74, 6) is 0.237. The average Bonchev–Trinajstić information content (AvgIpc) is 2.62. The van der Waals surface area contributed by atoms with E-state index in [1.54, 1.807) is 0 Å². The Hall–Kier alpha value is -0.860. The number of aliphatic hydroxyl groups is 1. The molecule has 1 aliphatic heterocycles. The zero-order chi connectivity index (χ0) is 11.7. The highest BCUT2D eigenvalue weighted by molar-refractivity contribution is 5.30. The van der Waals surface area contributed by atoms with Gasteiger partial charge in [-0.3, -0.25) is 0 Å². The quantitative estimate of drug-likeness (QED) is 0.830. The molecule has 1 aromatic rings. The van der Waals surface area contributed by atoms with Gasteiger partial charge in [-0.05, 0) is 32.8 Å². The molecule has 1 fully saturated rings. The van der Waals surface area contributed by atoms with Crippen LogP contribution in [0, 0.1) is 19.8 Å². The number of benzene rings is 1. The maximum Gasteiger partial charge on any atom is 0.0843 e. The van der Waals surface area contributed by atoms with Crippen molar-refractivity contribution >= 4 is 0 Å². The van der Waals surface area contributed by atoms with Crippen LogP contribution in [0.2, 0.25) is 0 Å². The highest BCUT2D eigenvalue weighted by Crippen LogP contribution is 2.33. The lowest BCUT2D eigenvalue weighted by atomic mass is 9.89. The van der Waals surface area contributed by atoms with Gasteiger partial charge < -0.3 is 9.84 Å². The van der Waals surface area contributed by atoms with Crippen molar-refractivity contribution in [2.24, 2.45) is 5.92 Å². The maximum absolute atomic E-state index is 10.4. The zero-order valence-electron chi connectivity index (χ0n) is 10.2. The van der Waals surface area contributed by atoms with Crippen molar-refractivity contribution in [3.05, 3.63) is 34.9 Å². The van der Waals surface area contributed by atoms with E-state index < -0.39 is 6.10 Å². The monoisotopic (exact) mass is 220 g/mol. The molecular weight excluding hydrogens is 200 g/mol. The summed E-state index contributed by atoms with van der Waals surface area (Å²) in [5.41, 5.74) is 3.45. The second-order valence-electron chi connectivity index (χ2n) is 4.89. The van der Waals surface area contributed by atoms with Gasteiger partial charge in [-0.2, -0.15) is 0 Å². The van der Waals surface area contributed by atoms with E-state index in [1.807, 2.05) is 6.92 Å². The fourth-order valence-corrected chi connectivity index (χ4v) is 2.59. The third kappa shape index (κ3) is 2.28. The molecule has 0 amide bonds. The van der Waals surface area contributed by atoms with Gasteiger partial charge >= 0.3 is 0 Å². The summed E-state index contributed by atoms with van der Waals surface area (Å²) in [6.07, 6.45) is 0.724. The molecule has 1 saturated heterocycles. The lowest BCUT2D eigenvalue weighted by Gasteiger charge is -2.22. The lowest BCUT2D eigenvalue weighted by molar-refractivity contribution is 0.0431. The first-order chi connectivity index (χ1) is 7.58. The Morgan fingerprint density at radius 3 is 2.38 bits per heavy atom. The summed E-state index contributed by atoms with van der Waals surface area (Å²) in [6, 6.07) is 6.27. The van der Waals surface area contributed by atoms with Gasteiger partial charge in [0.2, 0.25) is 0 Å². The summed E-state index contributed by atoms with van der Waals surface area (Å²) in [7, 11) is 0. The first kappa shape index (κ1) is 11.6. The van der Waals surface area contributed by atoms with Crippen LogP contribution in [0.3, 0.4) is 0 Å². The summed E-state index contributed by atoms with van der Waals surface area (Å²) in [4.78, 5) is 0. The minimum atomic E-state index is -0.393. The van der Waals surface area contributed by atoms with Crippen LogP contribution in [-0.2, 0) is 4.74 Å². The molecule has 0 radical (unpaired) electrons. The normalized spacial score (nSPS) is 27.0. The maximum atomic E-state index is 10.4. The molecule has 1 heterocycles. The largest absolute Gasteiger partial charge is 0.388 e. The van der Waals surface area contributed by atoms with Crippen molar-refractivity contribution in [1.29, 1.82) is 0 Å². The van der Waals surface area contributed by atoms with Gasteiger partial charge in [-0.25, -0.2) is 0 Å². The predicted molar refractivity (Wildman–Crippen MR) is 64.4 cm³/mol. The first-order valence-electron chi connectivity index (χ1n) is 5.96. The van der Waals surface area contributed by atoms with Crippen LogP contribution >= 0.6 is 0 Å². The molecular formula is C14H20O2. The molecule has 2 nitrogen and oxygen atoms in total. The van der Waals surface area contributed by atoms with E-state index in [-0.39, 0.29) is 12.0 Å². The van der Waals surface area contributed by atoms with Crippen LogP contribution in [0.15, 0.2) is 18.2 Å². The van der Waals surface area contributed by atoms with E-state index in [2.05, 4.69) is 32.0 Å². The molecule has 3 unspecified atom stereocenters. The van der Waals surface area contributed by atoms with E-state index in [0.717, 1.165) is 18.6 Å². The van der Waals surface area contributed by atoms with Gasteiger partial charge in [-0.15, -0.1) is 0 Å². The van der Waals surface area contributed by atoms with E-state index in [1.165, 1.54) is 11.1 Å². The second kappa shape index (κ2) is 4.56. The zero-order valence-corrected chi connectivity index (χ0v) is 10.2. The van der Waals surface area contributed by atoms with Gasteiger partial charge in [0.05, 0.1) is 12.2 Å². The molecule has 1 aliphatic rings. The molecule has 1 N–H and O–H groups in total. The summed E-state index contributed by atoms with van der Waals surface area (Å²) >= 11 is 0. The van der Waals surface area contributed by atoms with Crippen molar-refractivity contribution in [1.82, 2.24) is 0 Å². The van der Waals surface area contributed by atoms with Crippen molar-refractivity contribution in [2.45, 2.75) is 39.4 Å². The highest BCUT2D eigenvalue weighted by atomic mass is 16.5. The van der Waals surface area contributed by atoms with Crippen LogP contribution in [-0.4, -0.2) is 17.8 Å². The minimum absolute atomic E-state index is 0.163. The van der Waals surface area contributed by atoms with Crippen molar-refractivity contribution in [2.75, 3.05) is 6.61 Å². The topological polar surface area (TPSA) is 29.5 Å².